The first-order valence-corrected chi connectivity index (χ1v) is 10.8. The van der Waals surface area contributed by atoms with Gasteiger partial charge >= 0.3 is 0 Å². The third-order valence-corrected chi connectivity index (χ3v) is 5.10. The Hall–Kier alpha value is -3.29. The molecule has 166 valence electrons. The van der Waals surface area contributed by atoms with E-state index in [0.717, 1.165) is 55.8 Å². The number of benzene rings is 1. The van der Waals surface area contributed by atoms with Gasteiger partial charge in [0, 0.05) is 44.8 Å². The number of ether oxygens (including phenoxy) is 1. The smallest absolute Gasteiger partial charge is 0.227 e. The third kappa shape index (κ3) is 6.34. The number of amides is 1. The van der Waals surface area contributed by atoms with Gasteiger partial charge in [-0.2, -0.15) is 0 Å². The normalized spacial score (nSPS) is 14.4. The van der Waals surface area contributed by atoms with Gasteiger partial charge in [-0.25, -0.2) is 4.98 Å². The molecule has 1 fully saturated rings. The number of hydrogen-bond acceptors (Lipinski definition) is 5. The summed E-state index contributed by atoms with van der Waals surface area (Å²) in [6.45, 7) is 8.62. The first kappa shape index (κ1) is 22.4. The van der Waals surface area contributed by atoms with Gasteiger partial charge in [-0.1, -0.05) is 18.2 Å². The Labute approximate surface area is 184 Å². The van der Waals surface area contributed by atoms with Crippen molar-refractivity contribution in [2.45, 2.75) is 20.3 Å². The molecule has 3 rings (SSSR count). The molecule has 31 heavy (non-hydrogen) atoms. The summed E-state index contributed by atoms with van der Waals surface area (Å²) in [5.74, 6) is 2.24. The van der Waals surface area contributed by atoms with Crippen molar-refractivity contribution < 1.29 is 9.53 Å². The number of rotatable bonds is 7. The van der Waals surface area contributed by atoms with Crippen molar-refractivity contribution in [2.75, 3.05) is 56.6 Å². The molecule has 0 saturated carbocycles. The number of nitrogens with one attached hydrogen (secondary N) is 2. The lowest BCUT2D eigenvalue weighted by Gasteiger charge is -2.38. The minimum absolute atomic E-state index is 0.0845. The molecule has 2 heterocycles. The Morgan fingerprint density at radius 2 is 1.90 bits per heavy atom. The molecule has 1 aromatic carbocycles. The Morgan fingerprint density at radius 1 is 1.13 bits per heavy atom. The molecule has 2 aromatic rings. The number of anilines is 2. The third-order valence-electron chi connectivity index (χ3n) is 5.10. The highest BCUT2D eigenvalue weighted by molar-refractivity contribution is 5.90. The molecule has 8 nitrogen and oxygen atoms in total. The maximum Gasteiger partial charge on any atom is 0.227 e. The fourth-order valence-corrected chi connectivity index (χ4v) is 3.56. The summed E-state index contributed by atoms with van der Waals surface area (Å²) in [6.07, 6.45) is 0.311. The summed E-state index contributed by atoms with van der Waals surface area (Å²) in [5.41, 5.74) is 1.99. The molecule has 1 aliphatic heterocycles. The van der Waals surface area contributed by atoms with E-state index in [4.69, 9.17) is 4.74 Å². The average Bonchev–Trinajstić information content (AvgIpc) is 2.78. The van der Waals surface area contributed by atoms with Crippen LogP contribution in [0.4, 0.5) is 11.5 Å². The SMILES string of the molecule is CCNC(=NCCC(=O)Nc1cccc(C)n1)N1CCN(c2ccccc2OC)CC1. The number of para-hydroxylation sites is 2. The minimum Gasteiger partial charge on any atom is -0.495 e. The first-order chi connectivity index (χ1) is 15.1. The summed E-state index contributed by atoms with van der Waals surface area (Å²) in [7, 11) is 1.70. The molecule has 0 bridgehead atoms. The summed E-state index contributed by atoms with van der Waals surface area (Å²) in [4.78, 5) is 25.8. The summed E-state index contributed by atoms with van der Waals surface area (Å²) in [6, 6.07) is 13.7. The molecule has 0 aliphatic carbocycles. The summed E-state index contributed by atoms with van der Waals surface area (Å²) >= 11 is 0. The molecule has 0 atom stereocenters. The fraction of sp³-hybridized carbons (Fsp3) is 0.435. The second-order valence-corrected chi connectivity index (χ2v) is 7.34. The quantitative estimate of drug-likeness (QED) is 0.525. The maximum atomic E-state index is 12.2. The number of piperazine rings is 1. The molecular formula is C23H32N6O2. The van der Waals surface area contributed by atoms with E-state index in [1.54, 1.807) is 13.2 Å². The summed E-state index contributed by atoms with van der Waals surface area (Å²) in [5, 5.41) is 6.18. The first-order valence-electron chi connectivity index (χ1n) is 10.8. The van der Waals surface area contributed by atoms with E-state index in [1.807, 2.05) is 37.3 Å². The Kier molecular flexibility index (Phi) is 8.09. The zero-order valence-corrected chi connectivity index (χ0v) is 18.6. The minimum atomic E-state index is -0.0845. The van der Waals surface area contributed by atoms with Crippen molar-refractivity contribution in [3.05, 3.63) is 48.2 Å². The van der Waals surface area contributed by atoms with E-state index in [1.165, 1.54) is 0 Å². The number of methoxy groups -OCH3 is 1. The number of carbonyl (C=O) groups is 1. The molecule has 1 aliphatic rings. The second-order valence-electron chi connectivity index (χ2n) is 7.34. The van der Waals surface area contributed by atoms with Gasteiger partial charge in [0.25, 0.3) is 0 Å². The van der Waals surface area contributed by atoms with Crippen LogP contribution < -0.4 is 20.3 Å². The summed E-state index contributed by atoms with van der Waals surface area (Å²) < 4.78 is 5.50. The van der Waals surface area contributed by atoms with Gasteiger partial charge in [-0.05, 0) is 38.1 Å². The van der Waals surface area contributed by atoms with Crippen LogP contribution >= 0.6 is 0 Å². The molecule has 0 unspecified atom stereocenters. The molecule has 0 radical (unpaired) electrons. The van der Waals surface area contributed by atoms with E-state index in [0.29, 0.717) is 18.8 Å². The number of aryl methyl sites for hydroxylation is 1. The van der Waals surface area contributed by atoms with Gasteiger partial charge in [-0.15, -0.1) is 0 Å². The Balaban J connectivity index is 1.53. The van der Waals surface area contributed by atoms with E-state index < -0.39 is 0 Å². The Bertz CT molecular complexity index is 893. The number of aliphatic imine (C=N–C) groups is 1. The largest absolute Gasteiger partial charge is 0.495 e. The van der Waals surface area contributed by atoms with Crippen LogP contribution in [0.5, 0.6) is 5.75 Å². The van der Waals surface area contributed by atoms with Crippen LogP contribution in [0.25, 0.3) is 0 Å². The number of hydrogen-bond donors (Lipinski definition) is 2. The van der Waals surface area contributed by atoms with Crippen molar-refractivity contribution >= 4 is 23.4 Å². The average molecular weight is 425 g/mol. The van der Waals surface area contributed by atoms with Gasteiger partial charge in [0.1, 0.15) is 11.6 Å². The number of pyridine rings is 1. The second kappa shape index (κ2) is 11.2. The lowest BCUT2D eigenvalue weighted by atomic mass is 10.2. The van der Waals surface area contributed by atoms with E-state index in [-0.39, 0.29) is 5.91 Å². The number of nitrogens with zero attached hydrogens (tertiary/aromatic N) is 4. The monoisotopic (exact) mass is 424 g/mol. The molecule has 1 aromatic heterocycles. The van der Waals surface area contributed by atoms with Crippen LogP contribution in [0.3, 0.4) is 0 Å². The molecule has 1 saturated heterocycles. The van der Waals surface area contributed by atoms with Crippen LogP contribution in [0.2, 0.25) is 0 Å². The van der Waals surface area contributed by atoms with Crippen LogP contribution in [-0.4, -0.2) is 68.1 Å². The van der Waals surface area contributed by atoms with Gasteiger partial charge in [0.15, 0.2) is 5.96 Å². The number of carbonyl (C=O) groups excluding carboxylic acids is 1. The standard InChI is InChI=1S/C23H32N6O2/c1-4-24-23(25-13-12-22(30)27-21-11-7-8-18(2)26-21)29-16-14-28(15-17-29)19-9-5-6-10-20(19)31-3/h5-11H,4,12-17H2,1-3H3,(H,24,25)(H,26,27,30). The topological polar surface area (TPSA) is 82.1 Å². The van der Waals surface area contributed by atoms with Gasteiger partial charge < -0.3 is 25.2 Å². The highest BCUT2D eigenvalue weighted by Gasteiger charge is 2.21. The highest BCUT2D eigenvalue weighted by Crippen LogP contribution is 2.28. The zero-order valence-electron chi connectivity index (χ0n) is 18.6. The Morgan fingerprint density at radius 3 is 2.61 bits per heavy atom. The fourth-order valence-electron chi connectivity index (χ4n) is 3.56. The van der Waals surface area contributed by atoms with Gasteiger partial charge in [0.05, 0.1) is 19.3 Å². The lowest BCUT2D eigenvalue weighted by Crippen LogP contribution is -2.52. The van der Waals surface area contributed by atoms with Crippen LogP contribution in [0.1, 0.15) is 19.0 Å². The molecule has 8 heteroatoms. The van der Waals surface area contributed by atoms with Crippen molar-refractivity contribution in [2.24, 2.45) is 4.99 Å². The molecule has 2 N–H and O–H groups in total. The van der Waals surface area contributed by atoms with Gasteiger partial charge in [0.2, 0.25) is 5.91 Å². The van der Waals surface area contributed by atoms with E-state index in [2.05, 4.69) is 43.4 Å². The lowest BCUT2D eigenvalue weighted by molar-refractivity contribution is -0.116. The van der Waals surface area contributed by atoms with Gasteiger partial charge in [-0.3, -0.25) is 9.79 Å². The predicted molar refractivity (Wildman–Crippen MR) is 125 cm³/mol. The highest BCUT2D eigenvalue weighted by atomic mass is 16.5. The van der Waals surface area contributed by atoms with E-state index >= 15 is 0 Å². The van der Waals surface area contributed by atoms with Crippen LogP contribution in [0.15, 0.2) is 47.5 Å². The van der Waals surface area contributed by atoms with Crippen molar-refractivity contribution in [1.29, 1.82) is 0 Å². The zero-order chi connectivity index (χ0) is 22.1. The van der Waals surface area contributed by atoms with Crippen LogP contribution in [-0.2, 0) is 4.79 Å². The van der Waals surface area contributed by atoms with Crippen molar-refractivity contribution in [3.63, 3.8) is 0 Å². The number of guanidine groups is 1. The van der Waals surface area contributed by atoms with Crippen molar-refractivity contribution in [3.8, 4) is 5.75 Å². The van der Waals surface area contributed by atoms with E-state index in [9.17, 15) is 4.79 Å². The number of aromatic nitrogens is 1. The van der Waals surface area contributed by atoms with Crippen molar-refractivity contribution in [1.82, 2.24) is 15.2 Å². The molecule has 1 amide bonds. The van der Waals surface area contributed by atoms with Crippen LogP contribution in [0, 0.1) is 6.92 Å². The molecule has 0 spiro atoms. The molecular weight excluding hydrogens is 392 g/mol. The predicted octanol–water partition coefficient (Wildman–Crippen LogP) is 2.51. The maximum absolute atomic E-state index is 12.2.